The van der Waals surface area contributed by atoms with Crippen molar-refractivity contribution in [3.63, 3.8) is 0 Å². The van der Waals surface area contributed by atoms with Crippen LogP contribution in [0.2, 0.25) is 0 Å². The van der Waals surface area contributed by atoms with E-state index in [0.29, 0.717) is 6.42 Å². The summed E-state index contributed by atoms with van der Waals surface area (Å²) in [5, 5.41) is 6.00. The van der Waals surface area contributed by atoms with E-state index in [-0.39, 0.29) is 23.9 Å². The summed E-state index contributed by atoms with van der Waals surface area (Å²) in [6.45, 7) is 1.85. The fourth-order valence-electron chi connectivity index (χ4n) is 1.75. The first-order chi connectivity index (χ1) is 7.25. The molecule has 2 fully saturated rings. The van der Waals surface area contributed by atoms with Crippen molar-refractivity contribution < 1.29 is 9.59 Å². The van der Waals surface area contributed by atoms with Crippen molar-refractivity contribution in [3.8, 4) is 0 Å². The molecular weight excluding hydrogens is 214 g/mol. The molecular formula is C9H15N3O2S. The number of nitrogens with zero attached hydrogens (tertiary/aromatic N) is 1. The predicted molar refractivity (Wildman–Crippen MR) is 58.2 cm³/mol. The summed E-state index contributed by atoms with van der Waals surface area (Å²) < 4.78 is 0. The van der Waals surface area contributed by atoms with Gasteiger partial charge in [-0.3, -0.25) is 14.9 Å². The number of carbonyl (C=O) groups excluding carboxylic acids is 2. The standard InChI is InChI=1S/C9H15N3O2S/c13-7(11-9-10-3-5-15-9)6-12-4-1-2-8(12)14/h9-10H,1-6H2,(H,11,13). The molecule has 2 saturated heterocycles. The van der Waals surface area contributed by atoms with Gasteiger partial charge in [-0.1, -0.05) is 0 Å². The second-order valence-corrected chi connectivity index (χ2v) is 4.90. The minimum Gasteiger partial charge on any atom is -0.333 e. The average Bonchev–Trinajstić information content (AvgIpc) is 2.79. The van der Waals surface area contributed by atoms with E-state index in [1.54, 1.807) is 16.7 Å². The molecule has 2 aliphatic heterocycles. The molecule has 0 spiro atoms. The fourth-order valence-corrected chi connectivity index (χ4v) is 2.68. The van der Waals surface area contributed by atoms with Crippen molar-refractivity contribution in [2.24, 2.45) is 0 Å². The third-order valence-corrected chi connectivity index (χ3v) is 3.57. The zero-order chi connectivity index (χ0) is 10.7. The van der Waals surface area contributed by atoms with Crippen LogP contribution in [0.25, 0.3) is 0 Å². The van der Waals surface area contributed by atoms with Crippen molar-refractivity contribution in [1.29, 1.82) is 0 Å². The summed E-state index contributed by atoms with van der Waals surface area (Å²) in [6.07, 6.45) is 1.46. The largest absolute Gasteiger partial charge is 0.333 e. The Morgan fingerprint density at radius 1 is 1.67 bits per heavy atom. The van der Waals surface area contributed by atoms with Crippen molar-refractivity contribution >= 4 is 23.6 Å². The first-order valence-electron chi connectivity index (χ1n) is 5.18. The molecule has 0 aliphatic carbocycles. The molecule has 84 valence electrons. The zero-order valence-corrected chi connectivity index (χ0v) is 9.31. The van der Waals surface area contributed by atoms with Crippen LogP contribution in [0.1, 0.15) is 12.8 Å². The smallest absolute Gasteiger partial charge is 0.241 e. The molecule has 0 aromatic heterocycles. The van der Waals surface area contributed by atoms with Crippen molar-refractivity contribution in [3.05, 3.63) is 0 Å². The van der Waals surface area contributed by atoms with Gasteiger partial charge in [0.2, 0.25) is 11.8 Å². The minimum absolute atomic E-state index is 0.0233. The van der Waals surface area contributed by atoms with E-state index in [2.05, 4.69) is 10.6 Å². The lowest BCUT2D eigenvalue weighted by molar-refractivity contribution is -0.133. The molecule has 5 nitrogen and oxygen atoms in total. The van der Waals surface area contributed by atoms with Gasteiger partial charge >= 0.3 is 0 Å². The molecule has 6 heteroatoms. The molecule has 2 aliphatic rings. The maximum Gasteiger partial charge on any atom is 0.241 e. The van der Waals surface area contributed by atoms with Crippen LogP contribution in [-0.2, 0) is 9.59 Å². The number of nitrogens with one attached hydrogen (secondary N) is 2. The molecule has 15 heavy (non-hydrogen) atoms. The van der Waals surface area contributed by atoms with Gasteiger partial charge in [0, 0.05) is 25.3 Å². The van der Waals surface area contributed by atoms with E-state index < -0.39 is 0 Å². The Bertz CT molecular complexity index is 266. The van der Waals surface area contributed by atoms with Gasteiger partial charge < -0.3 is 10.2 Å². The quantitative estimate of drug-likeness (QED) is 0.675. The maximum absolute atomic E-state index is 11.5. The molecule has 2 amide bonds. The lowest BCUT2D eigenvalue weighted by Gasteiger charge is -2.17. The number of amides is 2. The van der Waals surface area contributed by atoms with Crippen molar-refractivity contribution in [2.75, 3.05) is 25.4 Å². The Labute approximate surface area is 93.0 Å². The fraction of sp³-hybridized carbons (Fsp3) is 0.778. The first-order valence-corrected chi connectivity index (χ1v) is 6.23. The second-order valence-electron chi connectivity index (χ2n) is 3.69. The van der Waals surface area contributed by atoms with Gasteiger partial charge in [0.25, 0.3) is 0 Å². The Hall–Kier alpha value is -0.750. The predicted octanol–water partition coefficient (Wildman–Crippen LogP) is -0.655. The van der Waals surface area contributed by atoms with Crippen LogP contribution in [0, 0.1) is 0 Å². The topological polar surface area (TPSA) is 61.4 Å². The third kappa shape index (κ3) is 2.85. The molecule has 0 aromatic rings. The Kier molecular flexibility index (Phi) is 3.48. The molecule has 1 atom stereocenters. The average molecular weight is 229 g/mol. The van der Waals surface area contributed by atoms with Crippen LogP contribution >= 0.6 is 11.8 Å². The molecule has 0 aromatic carbocycles. The molecule has 0 bridgehead atoms. The van der Waals surface area contributed by atoms with Gasteiger partial charge in [0.05, 0.1) is 6.54 Å². The number of hydrogen-bond donors (Lipinski definition) is 2. The van der Waals surface area contributed by atoms with Gasteiger partial charge in [-0.25, -0.2) is 0 Å². The van der Waals surface area contributed by atoms with Gasteiger partial charge in [-0.2, -0.15) is 0 Å². The van der Waals surface area contributed by atoms with Gasteiger partial charge in [-0.15, -0.1) is 11.8 Å². The van der Waals surface area contributed by atoms with E-state index in [4.69, 9.17) is 0 Å². The van der Waals surface area contributed by atoms with Crippen LogP contribution in [0.4, 0.5) is 0 Å². The first kappa shape index (κ1) is 10.8. The highest BCUT2D eigenvalue weighted by molar-refractivity contribution is 8.00. The summed E-state index contributed by atoms with van der Waals surface area (Å²) >= 11 is 1.68. The van der Waals surface area contributed by atoms with Crippen LogP contribution in [0.3, 0.4) is 0 Å². The molecule has 0 saturated carbocycles. The molecule has 2 rings (SSSR count). The number of likely N-dealkylation sites (tertiary alicyclic amines) is 1. The maximum atomic E-state index is 11.5. The SMILES string of the molecule is O=C(CN1CCCC1=O)NC1NCCS1. The summed E-state index contributed by atoms with van der Waals surface area (Å²) in [5.41, 5.74) is 0.0233. The van der Waals surface area contributed by atoms with Crippen LogP contribution in [0.5, 0.6) is 0 Å². The molecule has 2 heterocycles. The lowest BCUT2D eigenvalue weighted by Crippen LogP contribution is -2.45. The highest BCUT2D eigenvalue weighted by Gasteiger charge is 2.24. The Morgan fingerprint density at radius 3 is 3.13 bits per heavy atom. The van der Waals surface area contributed by atoms with E-state index >= 15 is 0 Å². The van der Waals surface area contributed by atoms with Gasteiger partial charge in [0.15, 0.2) is 0 Å². The van der Waals surface area contributed by atoms with Crippen LogP contribution in [-0.4, -0.2) is 47.6 Å². The number of thioether (sulfide) groups is 1. The van der Waals surface area contributed by atoms with Crippen molar-refractivity contribution in [1.82, 2.24) is 15.5 Å². The van der Waals surface area contributed by atoms with Gasteiger partial charge in [0.1, 0.15) is 5.50 Å². The monoisotopic (exact) mass is 229 g/mol. The third-order valence-electron chi connectivity index (χ3n) is 2.51. The van der Waals surface area contributed by atoms with Crippen LogP contribution in [0.15, 0.2) is 0 Å². The lowest BCUT2D eigenvalue weighted by atomic mass is 10.4. The molecule has 2 N–H and O–H groups in total. The number of rotatable bonds is 3. The zero-order valence-electron chi connectivity index (χ0n) is 8.49. The highest BCUT2D eigenvalue weighted by atomic mass is 32.2. The highest BCUT2D eigenvalue weighted by Crippen LogP contribution is 2.11. The Morgan fingerprint density at radius 2 is 2.53 bits per heavy atom. The number of hydrogen-bond acceptors (Lipinski definition) is 4. The Balaban J connectivity index is 1.74. The summed E-state index contributed by atoms with van der Waals surface area (Å²) in [5.74, 6) is 1.04. The second kappa shape index (κ2) is 4.85. The van der Waals surface area contributed by atoms with E-state index in [0.717, 1.165) is 25.3 Å². The van der Waals surface area contributed by atoms with Crippen molar-refractivity contribution in [2.45, 2.75) is 18.3 Å². The summed E-state index contributed by atoms with van der Waals surface area (Å²) in [7, 11) is 0. The van der Waals surface area contributed by atoms with E-state index in [1.807, 2.05) is 0 Å². The van der Waals surface area contributed by atoms with E-state index in [9.17, 15) is 9.59 Å². The normalized spacial score (nSPS) is 26.0. The van der Waals surface area contributed by atoms with E-state index in [1.165, 1.54) is 0 Å². The molecule has 1 unspecified atom stereocenters. The van der Waals surface area contributed by atoms with Crippen LogP contribution < -0.4 is 10.6 Å². The van der Waals surface area contributed by atoms with Gasteiger partial charge in [-0.05, 0) is 6.42 Å². The minimum atomic E-state index is -0.0721. The summed E-state index contributed by atoms with van der Waals surface area (Å²) in [4.78, 5) is 24.4. The molecule has 0 radical (unpaired) electrons. The summed E-state index contributed by atoms with van der Waals surface area (Å²) in [6, 6.07) is 0. The number of carbonyl (C=O) groups is 2.